The molecule has 0 bridgehead atoms. The van der Waals surface area contributed by atoms with Gasteiger partial charge in [-0.05, 0) is 32.4 Å². The van der Waals surface area contributed by atoms with Gasteiger partial charge in [-0.1, -0.05) is 11.6 Å². The molecule has 0 aliphatic rings. The highest BCUT2D eigenvalue weighted by Crippen LogP contribution is 2.29. The van der Waals surface area contributed by atoms with Crippen molar-refractivity contribution in [2.75, 3.05) is 5.73 Å². The molecule has 2 nitrogen and oxygen atoms in total. The number of aryl methyl sites for hydroxylation is 1. The van der Waals surface area contributed by atoms with Crippen LogP contribution in [0.3, 0.4) is 0 Å². The molecule has 13 heavy (non-hydrogen) atoms. The highest BCUT2D eigenvalue weighted by Gasteiger charge is 2.05. The number of nitrogen functional groups attached to an aromatic ring is 1. The standard InChI is InChI=1S/C10H14ClNO/c1-6(2)13-10-5-8(11)7(3)4-9(10)12/h4-6H,12H2,1-3H3. The van der Waals surface area contributed by atoms with Crippen LogP contribution in [0.1, 0.15) is 19.4 Å². The Morgan fingerprint density at radius 2 is 2.00 bits per heavy atom. The number of rotatable bonds is 2. The summed E-state index contributed by atoms with van der Waals surface area (Å²) in [7, 11) is 0. The van der Waals surface area contributed by atoms with Crippen LogP contribution in [-0.2, 0) is 0 Å². The molecule has 72 valence electrons. The lowest BCUT2D eigenvalue weighted by atomic mass is 10.2. The van der Waals surface area contributed by atoms with Crippen LogP contribution >= 0.6 is 11.6 Å². The molecule has 2 N–H and O–H groups in total. The zero-order valence-electron chi connectivity index (χ0n) is 8.10. The summed E-state index contributed by atoms with van der Waals surface area (Å²) in [5.74, 6) is 0.658. The Bertz CT molecular complexity index is 310. The molecule has 0 fully saturated rings. The fourth-order valence-electron chi connectivity index (χ4n) is 1.04. The summed E-state index contributed by atoms with van der Waals surface area (Å²) in [6.45, 7) is 5.82. The largest absolute Gasteiger partial charge is 0.489 e. The molecule has 3 heteroatoms. The normalized spacial score (nSPS) is 10.5. The Labute approximate surface area is 83.6 Å². The van der Waals surface area contributed by atoms with Crippen molar-refractivity contribution in [2.45, 2.75) is 26.9 Å². The highest BCUT2D eigenvalue weighted by molar-refractivity contribution is 6.31. The van der Waals surface area contributed by atoms with E-state index >= 15 is 0 Å². The van der Waals surface area contributed by atoms with E-state index in [9.17, 15) is 0 Å². The number of ether oxygens (including phenoxy) is 1. The molecule has 0 atom stereocenters. The molecule has 1 aromatic carbocycles. The van der Waals surface area contributed by atoms with Gasteiger partial charge in [0.25, 0.3) is 0 Å². The second-order valence-electron chi connectivity index (χ2n) is 3.31. The maximum absolute atomic E-state index is 5.93. The molecule has 0 radical (unpaired) electrons. The van der Waals surface area contributed by atoms with Crippen LogP contribution in [0.2, 0.25) is 5.02 Å². The van der Waals surface area contributed by atoms with E-state index in [1.807, 2.05) is 26.8 Å². The van der Waals surface area contributed by atoms with Gasteiger partial charge in [-0.25, -0.2) is 0 Å². The monoisotopic (exact) mass is 199 g/mol. The van der Waals surface area contributed by atoms with Crippen LogP contribution in [0.4, 0.5) is 5.69 Å². The summed E-state index contributed by atoms with van der Waals surface area (Å²) in [4.78, 5) is 0. The van der Waals surface area contributed by atoms with Gasteiger partial charge in [-0.2, -0.15) is 0 Å². The predicted octanol–water partition coefficient (Wildman–Crippen LogP) is 3.02. The molecule has 1 rings (SSSR count). The zero-order valence-corrected chi connectivity index (χ0v) is 8.85. The Morgan fingerprint density at radius 1 is 1.38 bits per heavy atom. The molecular formula is C10H14ClNO. The molecule has 0 aliphatic carbocycles. The first-order valence-corrected chi connectivity index (χ1v) is 4.60. The van der Waals surface area contributed by atoms with Crippen LogP contribution in [-0.4, -0.2) is 6.10 Å². The Hall–Kier alpha value is -0.890. The first-order valence-electron chi connectivity index (χ1n) is 4.23. The fourth-order valence-corrected chi connectivity index (χ4v) is 1.20. The lowest BCUT2D eigenvalue weighted by molar-refractivity contribution is 0.244. The molecule has 0 aromatic heterocycles. The van der Waals surface area contributed by atoms with Gasteiger partial charge >= 0.3 is 0 Å². The SMILES string of the molecule is Cc1cc(N)c(OC(C)C)cc1Cl. The number of hydrogen-bond acceptors (Lipinski definition) is 2. The minimum Gasteiger partial charge on any atom is -0.489 e. The van der Waals surface area contributed by atoms with Crippen molar-refractivity contribution >= 4 is 17.3 Å². The van der Waals surface area contributed by atoms with Crippen LogP contribution in [0.15, 0.2) is 12.1 Å². The fraction of sp³-hybridized carbons (Fsp3) is 0.400. The summed E-state index contributed by atoms with van der Waals surface area (Å²) in [5.41, 5.74) is 7.36. The summed E-state index contributed by atoms with van der Waals surface area (Å²) in [6.07, 6.45) is 0.112. The minimum atomic E-state index is 0.112. The Balaban J connectivity index is 3.01. The molecule has 1 aromatic rings. The zero-order chi connectivity index (χ0) is 10.0. The second kappa shape index (κ2) is 3.88. The van der Waals surface area contributed by atoms with Crippen molar-refractivity contribution in [2.24, 2.45) is 0 Å². The van der Waals surface area contributed by atoms with Crippen LogP contribution in [0, 0.1) is 6.92 Å². The maximum Gasteiger partial charge on any atom is 0.144 e. The third-order valence-electron chi connectivity index (χ3n) is 1.65. The van der Waals surface area contributed by atoms with Gasteiger partial charge in [0.2, 0.25) is 0 Å². The third kappa shape index (κ3) is 2.52. The Morgan fingerprint density at radius 3 is 2.54 bits per heavy atom. The molecular weight excluding hydrogens is 186 g/mol. The Kier molecular flexibility index (Phi) is 3.04. The van der Waals surface area contributed by atoms with Crippen molar-refractivity contribution in [1.82, 2.24) is 0 Å². The van der Waals surface area contributed by atoms with Crippen molar-refractivity contribution in [3.8, 4) is 5.75 Å². The maximum atomic E-state index is 5.93. The third-order valence-corrected chi connectivity index (χ3v) is 2.06. The molecule has 0 saturated heterocycles. The van der Waals surface area contributed by atoms with E-state index in [1.54, 1.807) is 6.07 Å². The smallest absolute Gasteiger partial charge is 0.144 e. The lowest BCUT2D eigenvalue weighted by Gasteiger charge is -2.13. The van der Waals surface area contributed by atoms with Gasteiger partial charge in [0.1, 0.15) is 5.75 Å². The molecule has 0 amide bonds. The summed E-state index contributed by atoms with van der Waals surface area (Å²) < 4.78 is 5.47. The number of nitrogens with two attached hydrogens (primary N) is 1. The molecule has 0 spiro atoms. The number of hydrogen-bond donors (Lipinski definition) is 1. The molecule has 0 unspecified atom stereocenters. The second-order valence-corrected chi connectivity index (χ2v) is 3.71. The minimum absolute atomic E-state index is 0.112. The van der Waals surface area contributed by atoms with Gasteiger partial charge in [0, 0.05) is 11.1 Å². The molecule has 0 saturated carbocycles. The summed E-state index contributed by atoms with van der Waals surface area (Å²) in [5, 5.41) is 0.685. The van der Waals surface area contributed by atoms with E-state index in [-0.39, 0.29) is 6.10 Å². The van der Waals surface area contributed by atoms with Crippen LogP contribution in [0.5, 0.6) is 5.75 Å². The molecule has 0 aliphatic heterocycles. The number of benzene rings is 1. The first-order chi connectivity index (χ1) is 6.00. The van der Waals surface area contributed by atoms with Gasteiger partial charge in [0.05, 0.1) is 11.8 Å². The van der Waals surface area contributed by atoms with Crippen molar-refractivity contribution < 1.29 is 4.74 Å². The summed E-state index contributed by atoms with van der Waals surface area (Å²) in [6, 6.07) is 3.58. The van der Waals surface area contributed by atoms with Gasteiger partial charge in [-0.15, -0.1) is 0 Å². The van der Waals surface area contributed by atoms with E-state index in [4.69, 9.17) is 22.1 Å². The van der Waals surface area contributed by atoms with E-state index in [2.05, 4.69) is 0 Å². The number of halogens is 1. The average Bonchev–Trinajstić information content (AvgIpc) is 1.99. The van der Waals surface area contributed by atoms with Crippen LogP contribution in [0.25, 0.3) is 0 Å². The van der Waals surface area contributed by atoms with E-state index in [0.29, 0.717) is 16.5 Å². The van der Waals surface area contributed by atoms with Crippen molar-refractivity contribution in [3.63, 3.8) is 0 Å². The highest BCUT2D eigenvalue weighted by atomic mass is 35.5. The van der Waals surface area contributed by atoms with Crippen LogP contribution < -0.4 is 10.5 Å². The first kappa shape index (κ1) is 10.2. The predicted molar refractivity (Wildman–Crippen MR) is 56.4 cm³/mol. The van der Waals surface area contributed by atoms with E-state index < -0.39 is 0 Å². The van der Waals surface area contributed by atoms with Gasteiger partial charge in [-0.3, -0.25) is 0 Å². The van der Waals surface area contributed by atoms with Crippen molar-refractivity contribution in [3.05, 3.63) is 22.7 Å². The topological polar surface area (TPSA) is 35.2 Å². The number of anilines is 1. The van der Waals surface area contributed by atoms with Gasteiger partial charge < -0.3 is 10.5 Å². The summed E-state index contributed by atoms with van der Waals surface area (Å²) >= 11 is 5.93. The van der Waals surface area contributed by atoms with E-state index in [1.165, 1.54) is 0 Å². The van der Waals surface area contributed by atoms with Crippen molar-refractivity contribution in [1.29, 1.82) is 0 Å². The van der Waals surface area contributed by atoms with Gasteiger partial charge in [0.15, 0.2) is 0 Å². The molecule has 0 heterocycles. The average molecular weight is 200 g/mol. The quantitative estimate of drug-likeness (QED) is 0.744. The lowest BCUT2D eigenvalue weighted by Crippen LogP contribution is -2.07. The van der Waals surface area contributed by atoms with E-state index in [0.717, 1.165) is 5.56 Å².